The second-order valence-corrected chi connectivity index (χ2v) is 9.02. The number of imidazole rings is 1. The molecule has 8 heteroatoms. The van der Waals surface area contributed by atoms with Crippen LogP contribution in [0.2, 0.25) is 0 Å². The molecule has 1 atom stereocenters. The van der Waals surface area contributed by atoms with Gasteiger partial charge in [0.25, 0.3) is 0 Å². The van der Waals surface area contributed by atoms with E-state index in [9.17, 15) is 4.79 Å². The second-order valence-electron chi connectivity index (χ2n) is 9.02. The van der Waals surface area contributed by atoms with Gasteiger partial charge >= 0.3 is 0 Å². The van der Waals surface area contributed by atoms with Crippen molar-refractivity contribution in [3.63, 3.8) is 0 Å². The van der Waals surface area contributed by atoms with Crippen LogP contribution >= 0.6 is 0 Å². The Morgan fingerprint density at radius 1 is 1.15 bits per heavy atom. The minimum Gasteiger partial charge on any atom is -0.338 e. The number of amides is 1. The van der Waals surface area contributed by atoms with Crippen LogP contribution in [0.25, 0.3) is 38.3 Å². The molecule has 0 N–H and O–H groups in total. The highest BCUT2D eigenvalue weighted by Gasteiger charge is 2.38. The molecule has 0 spiro atoms. The number of aromatic nitrogens is 5. The first-order valence-corrected chi connectivity index (χ1v) is 11.1. The van der Waals surface area contributed by atoms with Crippen LogP contribution in [-0.4, -0.2) is 42.2 Å². The smallest absolute Gasteiger partial charge is 0.245 e. The highest BCUT2D eigenvalue weighted by atomic mass is 16.2. The topological polar surface area (TPSA) is 73.2 Å². The number of hydrogen-bond donors (Lipinski definition) is 0. The first-order chi connectivity index (χ1) is 16.0. The molecule has 3 aromatic heterocycles. The summed E-state index contributed by atoms with van der Waals surface area (Å²) in [5, 5.41) is 5.13. The Balaban J connectivity index is 1.59. The van der Waals surface area contributed by atoms with Crippen LogP contribution in [-0.2, 0) is 18.4 Å². The van der Waals surface area contributed by atoms with Gasteiger partial charge in [-0.2, -0.15) is 5.10 Å². The van der Waals surface area contributed by atoms with Crippen molar-refractivity contribution in [2.24, 2.45) is 7.05 Å². The molecule has 33 heavy (non-hydrogen) atoms. The summed E-state index contributed by atoms with van der Waals surface area (Å²) in [6.07, 6.45) is 5.82. The van der Waals surface area contributed by atoms with Gasteiger partial charge in [0.2, 0.25) is 11.6 Å². The molecule has 164 valence electrons. The summed E-state index contributed by atoms with van der Waals surface area (Å²) in [4.78, 5) is 28.2. The fraction of sp³-hybridized carbons (Fsp3) is 0.320. The summed E-state index contributed by atoms with van der Waals surface area (Å²) in [7, 11) is 3.69. The summed E-state index contributed by atoms with van der Waals surface area (Å²) in [6, 6.07) is 7.65. The molecule has 6 rings (SSSR count). The molecule has 0 radical (unpaired) electrons. The van der Waals surface area contributed by atoms with Crippen molar-refractivity contribution in [2.45, 2.75) is 38.3 Å². The second kappa shape index (κ2) is 7.01. The normalized spacial score (nSPS) is 17.9. The molecular formula is C25H23N7O. The molecule has 1 amide bonds. The van der Waals surface area contributed by atoms with Crippen LogP contribution in [0, 0.1) is 6.57 Å². The minimum absolute atomic E-state index is 0.115. The maximum absolute atomic E-state index is 12.7. The molecule has 4 aromatic rings. The number of carbonyl (C=O) groups excluding carboxylic acids is 1. The van der Waals surface area contributed by atoms with Crippen LogP contribution in [0.4, 0.5) is 5.69 Å². The van der Waals surface area contributed by atoms with E-state index in [-0.39, 0.29) is 11.9 Å². The number of fused-ring (bicyclic) bond motifs is 2. The van der Waals surface area contributed by atoms with E-state index in [1.165, 1.54) is 0 Å². The summed E-state index contributed by atoms with van der Waals surface area (Å²) in [5.41, 5.74) is 5.64. The lowest BCUT2D eigenvalue weighted by Crippen LogP contribution is -2.39. The molecule has 1 aliphatic heterocycles. The largest absolute Gasteiger partial charge is 0.338 e. The lowest BCUT2D eigenvalue weighted by molar-refractivity contribution is -0.135. The zero-order valence-electron chi connectivity index (χ0n) is 18.8. The van der Waals surface area contributed by atoms with Gasteiger partial charge < -0.3 is 9.47 Å². The Morgan fingerprint density at radius 2 is 1.97 bits per heavy atom. The highest BCUT2D eigenvalue weighted by molar-refractivity contribution is 5.99. The van der Waals surface area contributed by atoms with E-state index in [0.29, 0.717) is 23.8 Å². The van der Waals surface area contributed by atoms with E-state index in [0.717, 1.165) is 52.1 Å². The average Bonchev–Trinajstić information content (AvgIpc) is 3.47. The van der Waals surface area contributed by atoms with Crippen molar-refractivity contribution in [2.75, 3.05) is 7.05 Å². The molecule has 4 heterocycles. The highest BCUT2D eigenvalue weighted by Crippen LogP contribution is 2.45. The van der Waals surface area contributed by atoms with Crippen LogP contribution in [0.3, 0.4) is 0 Å². The number of carbonyl (C=O) groups is 1. The van der Waals surface area contributed by atoms with E-state index in [1.54, 1.807) is 15.8 Å². The number of likely N-dealkylation sites (N-methyl/N-ethyl adjacent to an activating group) is 1. The molecule has 0 bridgehead atoms. The Bertz CT molecular complexity index is 1480. The summed E-state index contributed by atoms with van der Waals surface area (Å²) in [5.74, 6) is 1.54. The lowest BCUT2D eigenvalue weighted by Gasteiger charge is -2.31. The van der Waals surface area contributed by atoms with E-state index in [1.807, 2.05) is 51.5 Å². The van der Waals surface area contributed by atoms with Crippen molar-refractivity contribution in [3.8, 4) is 22.5 Å². The monoisotopic (exact) mass is 437 g/mol. The maximum Gasteiger partial charge on any atom is 0.245 e. The number of aryl methyl sites for hydroxylation is 1. The van der Waals surface area contributed by atoms with Gasteiger partial charge in [-0.15, -0.1) is 0 Å². The number of pyridine rings is 1. The molecule has 1 aromatic carbocycles. The fourth-order valence-electron chi connectivity index (χ4n) is 4.88. The summed E-state index contributed by atoms with van der Waals surface area (Å²) >= 11 is 0. The molecular weight excluding hydrogens is 414 g/mol. The standard InChI is InChI=1S/C25H23N7O/c1-14-25(33)30(3)13-21-23(29-24(32(14)21)15-8-9-15)17-6-5-7-19-18(17)10-20(26-2)22(28-19)16-11-27-31(4)12-16/h5-7,10-12,14-15H,8-9,13H2,1,3-4H3/t14-/m1/s1. The van der Waals surface area contributed by atoms with Crippen molar-refractivity contribution < 1.29 is 4.79 Å². The molecule has 2 aliphatic rings. The van der Waals surface area contributed by atoms with Gasteiger partial charge in [0, 0.05) is 37.3 Å². The number of nitrogens with zero attached hydrogens (tertiary/aromatic N) is 7. The van der Waals surface area contributed by atoms with Crippen LogP contribution in [0.5, 0.6) is 0 Å². The van der Waals surface area contributed by atoms with E-state index in [2.05, 4.69) is 14.5 Å². The third-order valence-corrected chi connectivity index (χ3v) is 6.68. The molecule has 0 saturated heterocycles. The van der Waals surface area contributed by atoms with Crippen molar-refractivity contribution in [1.82, 2.24) is 29.2 Å². The molecule has 8 nitrogen and oxygen atoms in total. The van der Waals surface area contributed by atoms with E-state index >= 15 is 0 Å². The maximum atomic E-state index is 12.7. The molecule has 1 saturated carbocycles. The Morgan fingerprint density at radius 3 is 2.67 bits per heavy atom. The Kier molecular flexibility index (Phi) is 4.18. The predicted molar refractivity (Wildman–Crippen MR) is 125 cm³/mol. The fourth-order valence-corrected chi connectivity index (χ4v) is 4.88. The molecule has 1 fully saturated rings. The van der Waals surface area contributed by atoms with Crippen molar-refractivity contribution in [1.29, 1.82) is 0 Å². The van der Waals surface area contributed by atoms with Crippen LogP contribution in [0.15, 0.2) is 36.7 Å². The summed E-state index contributed by atoms with van der Waals surface area (Å²) < 4.78 is 3.86. The van der Waals surface area contributed by atoms with Crippen molar-refractivity contribution >= 4 is 22.5 Å². The van der Waals surface area contributed by atoms with Gasteiger partial charge in [0.1, 0.15) is 11.9 Å². The third-order valence-electron chi connectivity index (χ3n) is 6.68. The SMILES string of the molecule is [C-]#[N+]c1cc2c(-c3nc(C4CC4)n4c3CN(C)C(=O)[C@H]4C)cccc2nc1-c1cnn(C)c1. The Hall–Kier alpha value is -3.99. The van der Waals surface area contributed by atoms with E-state index < -0.39 is 0 Å². The molecule has 1 aliphatic carbocycles. The van der Waals surface area contributed by atoms with Crippen molar-refractivity contribution in [3.05, 3.63) is 59.6 Å². The van der Waals surface area contributed by atoms with Gasteiger partial charge in [0.05, 0.1) is 41.9 Å². The zero-order valence-corrected chi connectivity index (χ0v) is 18.8. The summed E-state index contributed by atoms with van der Waals surface area (Å²) in [6.45, 7) is 10.3. The van der Waals surface area contributed by atoms with Gasteiger partial charge in [-0.05, 0) is 37.3 Å². The first kappa shape index (κ1) is 19.7. The quantitative estimate of drug-likeness (QED) is 0.444. The number of hydrogen-bond acceptors (Lipinski definition) is 4. The number of rotatable bonds is 3. The lowest BCUT2D eigenvalue weighted by atomic mass is 10.0. The minimum atomic E-state index is -0.264. The van der Waals surface area contributed by atoms with Gasteiger partial charge in [-0.3, -0.25) is 14.5 Å². The van der Waals surface area contributed by atoms with E-state index in [4.69, 9.17) is 16.5 Å². The van der Waals surface area contributed by atoms with Gasteiger partial charge in [-0.25, -0.2) is 9.83 Å². The van der Waals surface area contributed by atoms with Gasteiger partial charge in [0.15, 0.2) is 0 Å². The predicted octanol–water partition coefficient (Wildman–Crippen LogP) is 4.46. The van der Waals surface area contributed by atoms with Crippen LogP contribution < -0.4 is 0 Å². The number of benzene rings is 1. The van der Waals surface area contributed by atoms with Crippen LogP contribution in [0.1, 0.15) is 43.2 Å². The van der Waals surface area contributed by atoms with Gasteiger partial charge in [-0.1, -0.05) is 12.1 Å². The average molecular weight is 438 g/mol. The third kappa shape index (κ3) is 2.96. The molecule has 0 unspecified atom stereocenters. The zero-order chi connectivity index (χ0) is 22.9. The Labute approximate surface area is 191 Å². The first-order valence-electron chi connectivity index (χ1n) is 11.1.